The van der Waals surface area contributed by atoms with Crippen LogP contribution < -0.4 is 0 Å². The van der Waals surface area contributed by atoms with E-state index in [1.54, 1.807) is 12.1 Å². The van der Waals surface area contributed by atoms with Gasteiger partial charge in [0.2, 0.25) is 0 Å². The van der Waals surface area contributed by atoms with Crippen LogP contribution in [0, 0.1) is 0 Å². The van der Waals surface area contributed by atoms with E-state index in [4.69, 9.17) is 9.78 Å². The molecule has 0 fully saturated rings. The average molecular weight is 264 g/mol. The third-order valence-electron chi connectivity index (χ3n) is 2.82. The highest BCUT2D eigenvalue weighted by molar-refractivity contribution is 5.88. The van der Waals surface area contributed by atoms with Gasteiger partial charge in [-0.2, -0.15) is 4.89 Å². The molecule has 1 aromatic rings. The second-order valence-electron chi connectivity index (χ2n) is 5.02. The lowest BCUT2D eigenvalue weighted by molar-refractivity contribution is -0.265. The first-order valence-corrected chi connectivity index (χ1v) is 7.10. The maximum Gasteiger partial charge on any atom is 0.373 e. The van der Waals surface area contributed by atoms with Crippen LogP contribution in [0.15, 0.2) is 24.3 Å². The quantitative estimate of drug-likeness (QED) is 0.399. The summed E-state index contributed by atoms with van der Waals surface area (Å²) in [6, 6.07) is 7.55. The molecule has 3 nitrogen and oxygen atoms in total. The van der Waals surface area contributed by atoms with E-state index in [1.165, 1.54) is 31.2 Å². The first-order valence-electron chi connectivity index (χ1n) is 7.10. The van der Waals surface area contributed by atoms with Gasteiger partial charge in [0.25, 0.3) is 0 Å². The van der Waals surface area contributed by atoms with Gasteiger partial charge in [-0.3, -0.25) is 4.89 Å². The number of hydrogen-bond donors (Lipinski definition) is 0. The number of unbranched alkanes of at least 4 members (excludes halogenated alkanes) is 3. The first-order chi connectivity index (χ1) is 9.13. The van der Waals surface area contributed by atoms with Crippen LogP contribution >= 0.6 is 0 Å². The Morgan fingerprint density at radius 1 is 1.11 bits per heavy atom. The maximum absolute atomic E-state index is 11.6. The van der Waals surface area contributed by atoms with Crippen LogP contribution in [0.25, 0.3) is 0 Å². The van der Waals surface area contributed by atoms with Crippen molar-refractivity contribution in [3.05, 3.63) is 35.4 Å². The lowest BCUT2D eigenvalue weighted by atomic mass is 10.0. The monoisotopic (exact) mass is 264 g/mol. The predicted molar refractivity (Wildman–Crippen MR) is 75.9 cm³/mol. The minimum atomic E-state index is -0.439. The number of hydrogen-bond acceptors (Lipinski definition) is 3. The van der Waals surface area contributed by atoms with Crippen LogP contribution in [0.4, 0.5) is 0 Å². The van der Waals surface area contributed by atoms with Crippen LogP contribution in [-0.2, 0) is 16.2 Å². The number of aryl methyl sites for hydroxylation is 1. The third kappa shape index (κ3) is 6.39. The van der Waals surface area contributed by atoms with E-state index in [2.05, 4.69) is 6.92 Å². The normalized spacial score (nSPS) is 10.7. The molecule has 0 heterocycles. The summed E-state index contributed by atoms with van der Waals surface area (Å²) in [6.45, 7) is 5.83. The second-order valence-corrected chi connectivity index (χ2v) is 5.02. The highest BCUT2D eigenvalue weighted by Crippen LogP contribution is 2.11. The number of carbonyl (C=O) groups excluding carboxylic acids is 1. The van der Waals surface area contributed by atoms with Gasteiger partial charge in [-0.15, -0.1) is 0 Å². The summed E-state index contributed by atoms with van der Waals surface area (Å²) in [6.07, 6.45) is 5.95. The molecular formula is C16H24O3. The van der Waals surface area contributed by atoms with E-state index in [-0.39, 0.29) is 6.10 Å². The van der Waals surface area contributed by atoms with E-state index < -0.39 is 5.97 Å². The van der Waals surface area contributed by atoms with Crippen molar-refractivity contribution in [1.82, 2.24) is 0 Å². The van der Waals surface area contributed by atoms with Crippen LogP contribution in [0.2, 0.25) is 0 Å². The number of benzene rings is 1. The molecule has 0 aliphatic rings. The molecule has 0 amide bonds. The van der Waals surface area contributed by atoms with Gasteiger partial charge in [0, 0.05) is 0 Å². The molecule has 0 atom stereocenters. The van der Waals surface area contributed by atoms with Crippen molar-refractivity contribution in [2.45, 2.75) is 59.0 Å². The molecule has 3 heteroatoms. The molecule has 0 N–H and O–H groups in total. The Kier molecular flexibility index (Phi) is 7.19. The van der Waals surface area contributed by atoms with Gasteiger partial charge in [0.1, 0.15) is 0 Å². The molecule has 0 saturated carbocycles. The van der Waals surface area contributed by atoms with Crippen LogP contribution in [0.5, 0.6) is 0 Å². The zero-order chi connectivity index (χ0) is 14.1. The van der Waals surface area contributed by atoms with E-state index in [0.717, 1.165) is 6.42 Å². The summed E-state index contributed by atoms with van der Waals surface area (Å²) < 4.78 is 0. The fraction of sp³-hybridized carbons (Fsp3) is 0.562. The van der Waals surface area contributed by atoms with Crippen molar-refractivity contribution in [1.29, 1.82) is 0 Å². The summed E-state index contributed by atoms with van der Waals surface area (Å²) in [5, 5.41) is 0. The minimum Gasteiger partial charge on any atom is -0.293 e. The van der Waals surface area contributed by atoms with E-state index in [0.29, 0.717) is 5.56 Å². The SMILES string of the molecule is CCCCCCc1ccc(C(=O)OOC(C)C)cc1. The fourth-order valence-corrected chi connectivity index (χ4v) is 1.75. The fourth-order valence-electron chi connectivity index (χ4n) is 1.75. The largest absolute Gasteiger partial charge is 0.373 e. The summed E-state index contributed by atoms with van der Waals surface area (Å²) in [5.41, 5.74) is 1.79. The van der Waals surface area contributed by atoms with Gasteiger partial charge >= 0.3 is 5.97 Å². The van der Waals surface area contributed by atoms with Crippen LogP contribution in [0.3, 0.4) is 0 Å². The second kappa shape index (κ2) is 8.70. The lowest BCUT2D eigenvalue weighted by Gasteiger charge is -2.06. The van der Waals surface area contributed by atoms with Crippen molar-refractivity contribution in [3.8, 4) is 0 Å². The Morgan fingerprint density at radius 2 is 1.79 bits per heavy atom. The van der Waals surface area contributed by atoms with Crippen LogP contribution in [0.1, 0.15) is 62.4 Å². The standard InChI is InChI=1S/C16H24O3/c1-4-5-6-7-8-14-9-11-15(12-10-14)16(17)19-18-13(2)3/h9-13H,4-8H2,1-3H3. The zero-order valence-electron chi connectivity index (χ0n) is 12.1. The summed E-state index contributed by atoms with van der Waals surface area (Å²) in [7, 11) is 0. The molecule has 0 radical (unpaired) electrons. The van der Waals surface area contributed by atoms with Crippen molar-refractivity contribution in [2.24, 2.45) is 0 Å². The predicted octanol–water partition coefficient (Wildman–Crippen LogP) is 4.31. The van der Waals surface area contributed by atoms with Gasteiger partial charge in [0.05, 0.1) is 11.7 Å². The smallest absolute Gasteiger partial charge is 0.293 e. The summed E-state index contributed by atoms with van der Waals surface area (Å²) >= 11 is 0. The lowest BCUT2D eigenvalue weighted by Crippen LogP contribution is -2.10. The molecule has 1 rings (SSSR count). The minimum absolute atomic E-state index is 0.123. The third-order valence-corrected chi connectivity index (χ3v) is 2.82. The van der Waals surface area contributed by atoms with E-state index in [9.17, 15) is 4.79 Å². The molecule has 0 aromatic heterocycles. The maximum atomic E-state index is 11.6. The van der Waals surface area contributed by atoms with Gasteiger partial charge in [0.15, 0.2) is 0 Å². The Hall–Kier alpha value is -1.35. The first kappa shape index (κ1) is 15.7. The molecule has 1 aromatic carbocycles. The number of carbonyl (C=O) groups is 1. The molecule has 0 aliphatic carbocycles. The molecule has 0 bridgehead atoms. The van der Waals surface area contributed by atoms with Gasteiger partial charge in [-0.25, -0.2) is 4.79 Å². The highest BCUT2D eigenvalue weighted by atomic mass is 17.2. The molecule has 106 valence electrons. The Labute approximate surface area is 115 Å². The number of rotatable bonds is 8. The van der Waals surface area contributed by atoms with E-state index in [1.807, 2.05) is 26.0 Å². The molecule has 19 heavy (non-hydrogen) atoms. The Morgan fingerprint density at radius 3 is 2.37 bits per heavy atom. The summed E-state index contributed by atoms with van der Waals surface area (Å²) in [4.78, 5) is 21.1. The Balaban J connectivity index is 2.40. The molecule has 0 aliphatic heterocycles. The Bertz CT molecular complexity index is 368. The van der Waals surface area contributed by atoms with Gasteiger partial charge < -0.3 is 0 Å². The zero-order valence-corrected chi connectivity index (χ0v) is 12.1. The molecule has 0 spiro atoms. The van der Waals surface area contributed by atoms with Gasteiger partial charge in [-0.05, 0) is 44.4 Å². The topological polar surface area (TPSA) is 35.5 Å². The molecule has 0 saturated heterocycles. The van der Waals surface area contributed by atoms with Crippen molar-refractivity contribution < 1.29 is 14.6 Å². The van der Waals surface area contributed by atoms with Crippen molar-refractivity contribution in [3.63, 3.8) is 0 Å². The van der Waals surface area contributed by atoms with E-state index >= 15 is 0 Å². The van der Waals surface area contributed by atoms with Crippen molar-refractivity contribution >= 4 is 5.97 Å². The molecular weight excluding hydrogens is 240 g/mol. The average Bonchev–Trinajstić information content (AvgIpc) is 2.41. The highest BCUT2D eigenvalue weighted by Gasteiger charge is 2.09. The summed E-state index contributed by atoms with van der Waals surface area (Å²) in [5.74, 6) is -0.439. The van der Waals surface area contributed by atoms with Crippen molar-refractivity contribution in [2.75, 3.05) is 0 Å². The van der Waals surface area contributed by atoms with Crippen LogP contribution in [-0.4, -0.2) is 12.1 Å². The van der Waals surface area contributed by atoms with Gasteiger partial charge in [-0.1, -0.05) is 38.3 Å². The molecule has 0 unspecified atom stereocenters.